The molecule has 0 spiro atoms. The molecule has 1 rings (SSSR count). The van der Waals surface area contributed by atoms with E-state index in [9.17, 15) is 14.4 Å². The maximum absolute atomic E-state index is 11.9. The number of likely N-dealkylation sites (tertiary alicyclic amines) is 1. The number of ether oxygens (including phenoxy) is 2. The molecule has 0 aromatic carbocycles. The molecule has 1 aliphatic heterocycles. The second kappa shape index (κ2) is 4.80. The van der Waals surface area contributed by atoms with Crippen LogP contribution in [0.5, 0.6) is 0 Å². The Balaban J connectivity index is 3.07. The molecule has 0 aromatic heterocycles. The van der Waals surface area contributed by atoms with Gasteiger partial charge in [-0.2, -0.15) is 0 Å². The van der Waals surface area contributed by atoms with Gasteiger partial charge in [0.25, 0.3) is 5.91 Å². The van der Waals surface area contributed by atoms with E-state index in [0.29, 0.717) is 4.90 Å². The van der Waals surface area contributed by atoms with Gasteiger partial charge in [0.2, 0.25) is 0 Å². The van der Waals surface area contributed by atoms with Crippen LogP contribution in [0.2, 0.25) is 0 Å². The number of rotatable bonds is 1. The van der Waals surface area contributed by atoms with Crippen LogP contribution in [0.25, 0.3) is 0 Å². The molecular formula is C12H17NO5. The third-order valence-corrected chi connectivity index (χ3v) is 2.16. The monoisotopic (exact) mass is 256 g/mol. The topological polar surface area (TPSA) is 72.9 Å². The van der Waals surface area contributed by atoms with Gasteiger partial charge in [-0.05, 0) is 20.8 Å². The van der Waals surface area contributed by atoms with E-state index in [1.807, 2.05) is 0 Å². The Hall–Kier alpha value is -1.85. The lowest BCUT2D eigenvalue weighted by atomic mass is 10.2. The molecule has 0 aliphatic carbocycles. The van der Waals surface area contributed by atoms with Gasteiger partial charge in [-0.3, -0.25) is 4.79 Å². The Morgan fingerprint density at radius 1 is 1.50 bits per heavy atom. The second-order valence-corrected chi connectivity index (χ2v) is 4.82. The summed E-state index contributed by atoms with van der Waals surface area (Å²) in [5.74, 6) is -1.64. The minimum Gasteiger partial charge on any atom is -0.467 e. The quantitative estimate of drug-likeness (QED) is 0.521. The first-order valence-electron chi connectivity index (χ1n) is 5.93. The molecule has 0 bridgehead atoms. The van der Waals surface area contributed by atoms with Gasteiger partial charge in [0.1, 0.15) is 11.6 Å². The summed E-state index contributed by atoms with van der Waals surface area (Å²) in [5, 5.41) is 0. The number of hydrogen-bond donors (Lipinski definition) is 0. The molecule has 1 aliphatic rings. The summed E-state index contributed by atoms with van der Waals surface area (Å²) in [7, 11) is 1.12. The van der Waals surface area contributed by atoms with Gasteiger partial charge in [0.15, 0.2) is 0 Å². The highest BCUT2D eigenvalue weighted by atomic mass is 16.6. The zero-order valence-electron chi connectivity index (χ0n) is 11.9. The first kappa shape index (κ1) is 12.6. The van der Waals surface area contributed by atoms with Crippen molar-refractivity contribution >= 4 is 18.0 Å². The second-order valence-electron chi connectivity index (χ2n) is 4.82. The fourth-order valence-corrected chi connectivity index (χ4v) is 1.42. The average Bonchev–Trinajstić information content (AvgIpc) is 2.50. The molecule has 2 atom stereocenters. The highest BCUT2D eigenvalue weighted by Crippen LogP contribution is 2.25. The maximum atomic E-state index is 11.9. The number of esters is 1. The lowest BCUT2D eigenvalue weighted by Crippen LogP contribution is -2.45. The van der Waals surface area contributed by atoms with Crippen LogP contribution < -0.4 is 0 Å². The standard InChI is InChI=1S/C12H17NO5/c1-7-6-8(10(15)17-5)13(9(7)14)11(16)18-12(2,3)4/h8H,1,6H2,2-5H3/t8-/m0/s1/i6D/t6-,8-. The number of carbonyl (C=O) groups excluding carboxylic acids is 3. The van der Waals surface area contributed by atoms with Crippen molar-refractivity contribution in [2.75, 3.05) is 7.11 Å². The van der Waals surface area contributed by atoms with Crippen LogP contribution >= 0.6 is 0 Å². The molecule has 1 fully saturated rings. The van der Waals surface area contributed by atoms with Crippen molar-refractivity contribution in [2.24, 2.45) is 0 Å². The van der Waals surface area contributed by atoms with Gasteiger partial charge in [-0.25, -0.2) is 14.5 Å². The number of methoxy groups -OCH3 is 1. The van der Waals surface area contributed by atoms with Crippen LogP contribution in [-0.4, -0.2) is 41.6 Å². The Kier molecular flexibility index (Phi) is 3.36. The zero-order chi connectivity index (χ0) is 15.0. The molecule has 1 saturated heterocycles. The van der Waals surface area contributed by atoms with Crippen LogP contribution in [0.1, 0.15) is 28.5 Å². The van der Waals surface area contributed by atoms with Gasteiger partial charge < -0.3 is 9.47 Å². The van der Waals surface area contributed by atoms with Gasteiger partial charge in [0, 0.05) is 13.3 Å². The minimum atomic E-state index is -1.35. The van der Waals surface area contributed by atoms with E-state index in [1.165, 1.54) is 0 Å². The smallest absolute Gasteiger partial charge is 0.418 e. The molecule has 1 heterocycles. The number of amides is 2. The lowest BCUT2D eigenvalue weighted by molar-refractivity contribution is -0.148. The predicted molar refractivity (Wildman–Crippen MR) is 62.6 cm³/mol. The summed E-state index contributed by atoms with van der Waals surface area (Å²) < 4.78 is 17.3. The molecule has 6 heteroatoms. The van der Waals surface area contributed by atoms with E-state index in [2.05, 4.69) is 11.3 Å². The number of carbonyl (C=O) groups is 3. The third-order valence-electron chi connectivity index (χ3n) is 2.16. The fourth-order valence-electron chi connectivity index (χ4n) is 1.42. The first-order valence-corrected chi connectivity index (χ1v) is 5.35. The Bertz CT molecular complexity index is 440. The van der Waals surface area contributed by atoms with E-state index in [-0.39, 0.29) is 5.57 Å². The average molecular weight is 256 g/mol. The molecule has 0 N–H and O–H groups in total. The number of nitrogens with zero attached hydrogens (tertiary/aromatic N) is 1. The molecular weight excluding hydrogens is 238 g/mol. The largest absolute Gasteiger partial charge is 0.467 e. The van der Waals surface area contributed by atoms with Crippen LogP contribution in [0, 0.1) is 0 Å². The maximum Gasteiger partial charge on any atom is 0.418 e. The number of imide groups is 1. The Labute approximate surface area is 107 Å². The summed E-state index contributed by atoms with van der Waals surface area (Å²) >= 11 is 0. The zero-order valence-corrected chi connectivity index (χ0v) is 10.9. The SMILES string of the molecule is [2H][C@H]1C(=C)C(=O)N(C(=O)OC(C)(C)C)[C@@H]1C(=O)OC. The van der Waals surface area contributed by atoms with Crippen molar-refractivity contribution < 1.29 is 25.2 Å². The van der Waals surface area contributed by atoms with Crippen LogP contribution in [0.3, 0.4) is 0 Å². The molecule has 0 aromatic rings. The van der Waals surface area contributed by atoms with Crippen molar-refractivity contribution in [3.8, 4) is 0 Å². The number of hydrogen-bond acceptors (Lipinski definition) is 5. The summed E-state index contributed by atoms with van der Waals surface area (Å²) in [6.45, 7) is 8.31. The molecule has 100 valence electrons. The molecule has 18 heavy (non-hydrogen) atoms. The lowest BCUT2D eigenvalue weighted by Gasteiger charge is -2.25. The van der Waals surface area contributed by atoms with E-state index in [1.54, 1.807) is 20.8 Å². The van der Waals surface area contributed by atoms with Crippen molar-refractivity contribution in [1.29, 1.82) is 0 Å². The van der Waals surface area contributed by atoms with E-state index in [4.69, 9.17) is 6.11 Å². The Morgan fingerprint density at radius 3 is 2.50 bits per heavy atom. The van der Waals surface area contributed by atoms with Gasteiger partial charge >= 0.3 is 12.1 Å². The molecule has 0 radical (unpaired) electrons. The Morgan fingerprint density at radius 2 is 2.06 bits per heavy atom. The first-order chi connectivity index (χ1) is 8.60. The highest BCUT2D eigenvalue weighted by molar-refractivity contribution is 6.08. The van der Waals surface area contributed by atoms with Crippen molar-refractivity contribution in [2.45, 2.75) is 38.8 Å². The van der Waals surface area contributed by atoms with E-state index < -0.39 is 36.0 Å². The van der Waals surface area contributed by atoms with Gasteiger partial charge in [0.05, 0.1) is 7.11 Å². The van der Waals surface area contributed by atoms with E-state index in [0.717, 1.165) is 7.11 Å². The third kappa shape index (κ3) is 2.88. The van der Waals surface area contributed by atoms with Crippen molar-refractivity contribution in [3.05, 3.63) is 12.2 Å². The molecule has 2 amide bonds. The van der Waals surface area contributed by atoms with Crippen LogP contribution in [-0.2, 0) is 19.1 Å². The van der Waals surface area contributed by atoms with Gasteiger partial charge in [-0.15, -0.1) is 0 Å². The van der Waals surface area contributed by atoms with Crippen molar-refractivity contribution in [3.63, 3.8) is 0 Å². The van der Waals surface area contributed by atoms with E-state index >= 15 is 0 Å². The summed E-state index contributed by atoms with van der Waals surface area (Å²) in [6.07, 6.45) is -2.23. The molecule has 0 unspecified atom stereocenters. The summed E-state index contributed by atoms with van der Waals surface area (Å²) in [5.41, 5.74) is -0.958. The van der Waals surface area contributed by atoms with Crippen molar-refractivity contribution in [1.82, 2.24) is 4.90 Å². The minimum absolute atomic E-state index is 0.138. The molecule has 6 nitrogen and oxygen atoms in total. The van der Waals surface area contributed by atoms with Crippen LogP contribution in [0.15, 0.2) is 12.2 Å². The van der Waals surface area contributed by atoms with Gasteiger partial charge in [-0.1, -0.05) is 6.58 Å². The highest BCUT2D eigenvalue weighted by Gasteiger charge is 2.45. The molecule has 0 saturated carbocycles. The fraction of sp³-hybridized carbons (Fsp3) is 0.583. The predicted octanol–water partition coefficient (Wildman–Crippen LogP) is 1.25. The van der Waals surface area contributed by atoms with Crippen LogP contribution in [0.4, 0.5) is 4.79 Å². The summed E-state index contributed by atoms with van der Waals surface area (Å²) in [6, 6.07) is -1.35. The summed E-state index contributed by atoms with van der Waals surface area (Å²) in [4.78, 5) is 36.0. The normalized spacial score (nSPS) is 24.9.